The van der Waals surface area contributed by atoms with Crippen molar-refractivity contribution in [1.82, 2.24) is 10.2 Å². The number of hydrogen-bond acceptors (Lipinski definition) is 2. The second-order valence-electron chi connectivity index (χ2n) is 3.92. The van der Waals surface area contributed by atoms with E-state index in [0.717, 1.165) is 25.2 Å². The van der Waals surface area contributed by atoms with E-state index < -0.39 is 0 Å². The summed E-state index contributed by atoms with van der Waals surface area (Å²) in [7, 11) is 0. The Balaban J connectivity index is 0.000000963. The minimum absolute atomic E-state index is 0. The molecule has 0 radical (unpaired) electrons. The maximum atomic E-state index is 12.1. The molecule has 0 aromatic heterocycles. The van der Waals surface area contributed by atoms with Gasteiger partial charge in [0.05, 0.1) is 16.6 Å². The average Bonchev–Trinajstić information content (AvgIpc) is 2.55. The Hall–Kier alpha value is -0.770. The molecule has 86 valence electrons. The topological polar surface area (TPSA) is 32.3 Å². The quantitative estimate of drug-likeness (QED) is 0.771. The van der Waals surface area contributed by atoms with Crippen LogP contribution >= 0.6 is 24.0 Å². The monoisotopic (exact) mass is 258 g/mol. The molecule has 1 amide bonds. The third-order valence-corrected chi connectivity index (χ3v) is 3.44. The predicted molar refractivity (Wildman–Crippen MR) is 65.3 cm³/mol. The van der Waals surface area contributed by atoms with Crippen molar-refractivity contribution in [2.24, 2.45) is 0 Å². The van der Waals surface area contributed by atoms with Gasteiger partial charge in [-0.3, -0.25) is 4.79 Å². The molecule has 1 saturated heterocycles. The van der Waals surface area contributed by atoms with E-state index in [9.17, 15) is 4.79 Å². The molecule has 0 spiro atoms. The lowest BCUT2D eigenvalue weighted by Crippen LogP contribution is -2.44. The lowest BCUT2D eigenvalue weighted by molar-refractivity contribution is 0.0691. The standard InChI is InChI=1S/C11H11ClN2O.ClH/c12-8-3-1-2-7-9-6-13-4-5-14(9)11(15)10(7)8;/h1-3,9,13H,4-6H2;1H. The molecule has 0 aliphatic carbocycles. The van der Waals surface area contributed by atoms with Gasteiger partial charge in [-0.2, -0.15) is 0 Å². The Kier molecular flexibility index (Phi) is 3.10. The summed E-state index contributed by atoms with van der Waals surface area (Å²) in [6, 6.07) is 5.87. The van der Waals surface area contributed by atoms with Gasteiger partial charge in [-0.15, -0.1) is 12.4 Å². The molecule has 5 heteroatoms. The molecule has 1 aromatic rings. The highest BCUT2D eigenvalue weighted by atomic mass is 35.5. The lowest BCUT2D eigenvalue weighted by atomic mass is 10.0. The van der Waals surface area contributed by atoms with Crippen LogP contribution in [0.25, 0.3) is 0 Å². The Morgan fingerprint density at radius 2 is 2.25 bits per heavy atom. The van der Waals surface area contributed by atoms with E-state index in [0.29, 0.717) is 10.6 Å². The smallest absolute Gasteiger partial charge is 0.256 e. The molecule has 1 unspecified atom stereocenters. The van der Waals surface area contributed by atoms with E-state index in [-0.39, 0.29) is 24.4 Å². The summed E-state index contributed by atoms with van der Waals surface area (Å²) in [5.74, 6) is 0.0853. The molecule has 1 aromatic carbocycles. The van der Waals surface area contributed by atoms with E-state index in [1.165, 1.54) is 0 Å². The van der Waals surface area contributed by atoms with Crippen LogP contribution in [0.5, 0.6) is 0 Å². The Labute approximate surface area is 105 Å². The summed E-state index contributed by atoms with van der Waals surface area (Å²) >= 11 is 6.06. The van der Waals surface area contributed by atoms with Crippen molar-refractivity contribution in [2.75, 3.05) is 19.6 Å². The molecule has 2 aliphatic rings. The molecular weight excluding hydrogens is 247 g/mol. The van der Waals surface area contributed by atoms with Crippen LogP contribution in [-0.4, -0.2) is 30.4 Å². The molecule has 0 saturated carbocycles. The van der Waals surface area contributed by atoms with Gasteiger partial charge in [-0.1, -0.05) is 23.7 Å². The van der Waals surface area contributed by atoms with Crippen molar-refractivity contribution < 1.29 is 4.79 Å². The van der Waals surface area contributed by atoms with Crippen LogP contribution in [0.1, 0.15) is 22.0 Å². The van der Waals surface area contributed by atoms with Gasteiger partial charge in [-0.05, 0) is 11.6 Å². The van der Waals surface area contributed by atoms with Crippen molar-refractivity contribution in [1.29, 1.82) is 0 Å². The number of amides is 1. The van der Waals surface area contributed by atoms with E-state index in [4.69, 9.17) is 11.6 Å². The summed E-state index contributed by atoms with van der Waals surface area (Å²) in [6.45, 7) is 2.47. The number of fused-ring (bicyclic) bond motifs is 3. The van der Waals surface area contributed by atoms with Crippen LogP contribution in [-0.2, 0) is 0 Å². The van der Waals surface area contributed by atoms with Gasteiger partial charge in [0.1, 0.15) is 0 Å². The molecule has 0 bridgehead atoms. The van der Waals surface area contributed by atoms with Crippen molar-refractivity contribution in [3.8, 4) is 0 Å². The molecule has 2 heterocycles. The van der Waals surface area contributed by atoms with Gasteiger partial charge in [0.25, 0.3) is 5.91 Å². The number of piperazine rings is 1. The van der Waals surface area contributed by atoms with Gasteiger partial charge >= 0.3 is 0 Å². The van der Waals surface area contributed by atoms with Crippen LogP contribution in [0.2, 0.25) is 5.02 Å². The second-order valence-corrected chi connectivity index (χ2v) is 4.33. The molecular formula is C11H12Cl2N2O. The zero-order chi connectivity index (χ0) is 10.4. The van der Waals surface area contributed by atoms with Gasteiger partial charge in [0, 0.05) is 19.6 Å². The average molecular weight is 259 g/mol. The third-order valence-electron chi connectivity index (χ3n) is 3.12. The van der Waals surface area contributed by atoms with E-state index >= 15 is 0 Å². The molecule has 3 rings (SSSR count). The maximum absolute atomic E-state index is 12.1. The summed E-state index contributed by atoms with van der Waals surface area (Å²) < 4.78 is 0. The van der Waals surface area contributed by atoms with Crippen molar-refractivity contribution in [3.63, 3.8) is 0 Å². The minimum Gasteiger partial charge on any atom is -0.329 e. The predicted octanol–water partition coefficient (Wildman–Crippen LogP) is 1.86. The Morgan fingerprint density at radius 1 is 1.44 bits per heavy atom. The number of nitrogens with zero attached hydrogens (tertiary/aromatic N) is 1. The summed E-state index contributed by atoms with van der Waals surface area (Å²) in [5, 5.41) is 3.88. The molecule has 3 nitrogen and oxygen atoms in total. The largest absolute Gasteiger partial charge is 0.329 e. The molecule has 1 atom stereocenters. The second kappa shape index (κ2) is 4.24. The number of hydrogen-bond donors (Lipinski definition) is 1. The zero-order valence-corrected chi connectivity index (χ0v) is 10.1. The number of carbonyl (C=O) groups excluding carboxylic acids is 1. The Bertz CT molecular complexity index is 436. The van der Waals surface area contributed by atoms with E-state index in [2.05, 4.69) is 5.32 Å². The number of halogens is 2. The molecule has 1 fully saturated rings. The van der Waals surface area contributed by atoms with Crippen LogP contribution in [0.15, 0.2) is 18.2 Å². The van der Waals surface area contributed by atoms with Gasteiger partial charge < -0.3 is 10.2 Å². The third kappa shape index (κ3) is 1.51. The number of carbonyl (C=O) groups is 1. The molecule has 16 heavy (non-hydrogen) atoms. The van der Waals surface area contributed by atoms with Gasteiger partial charge in [-0.25, -0.2) is 0 Å². The summed E-state index contributed by atoms with van der Waals surface area (Å²) in [6.07, 6.45) is 0. The van der Waals surface area contributed by atoms with Gasteiger partial charge in [0.15, 0.2) is 0 Å². The molecule has 2 aliphatic heterocycles. The Morgan fingerprint density at radius 3 is 3.06 bits per heavy atom. The van der Waals surface area contributed by atoms with Crippen molar-refractivity contribution in [3.05, 3.63) is 34.3 Å². The van der Waals surface area contributed by atoms with Crippen LogP contribution in [0.3, 0.4) is 0 Å². The van der Waals surface area contributed by atoms with Crippen LogP contribution in [0, 0.1) is 0 Å². The fraction of sp³-hybridized carbons (Fsp3) is 0.364. The van der Waals surface area contributed by atoms with Crippen LogP contribution < -0.4 is 5.32 Å². The first-order chi connectivity index (χ1) is 7.29. The number of rotatable bonds is 0. The lowest BCUT2D eigenvalue weighted by Gasteiger charge is -2.30. The maximum Gasteiger partial charge on any atom is 0.256 e. The first kappa shape index (κ1) is 11.7. The minimum atomic E-state index is 0. The zero-order valence-electron chi connectivity index (χ0n) is 8.57. The number of nitrogens with one attached hydrogen (secondary N) is 1. The number of benzene rings is 1. The first-order valence-electron chi connectivity index (χ1n) is 5.09. The fourth-order valence-electron chi connectivity index (χ4n) is 2.41. The van der Waals surface area contributed by atoms with Gasteiger partial charge in [0.2, 0.25) is 0 Å². The highest BCUT2D eigenvalue weighted by Crippen LogP contribution is 2.37. The molecule has 1 N–H and O–H groups in total. The fourth-order valence-corrected chi connectivity index (χ4v) is 2.68. The van der Waals surface area contributed by atoms with Crippen LogP contribution in [0.4, 0.5) is 0 Å². The van der Waals surface area contributed by atoms with E-state index in [1.807, 2.05) is 17.0 Å². The van der Waals surface area contributed by atoms with Crippen molar-refractivity contribution >= 4 is 29.9 Å². The highest BCUT2D eigenvalue weighted by Gasteiger charge is 2.38. The first-order valence-corrected chi connectivity index (χ1v) is 5.47. The van der Waals surface area contributed by atoms with E-state index in [1.54, 1.807) is 6.07 Å². The SMILES string of the molecule is Cl.O=C1c2c(Cl)cccc2C2CNCCN12. The normalized spacial score (nSPS) is 22.4. The summed E-state index contributed by atoms with van der Waals surface area (Å²) in [5.41, 5.74) is 1.77. The summed E-state index contributed by atoms with van der Waals surface area (Å²) in [4.78, 5) is 14.0. The highest BCUT2D eigenvalue weighted by molar-refractivity contribution is 6.34. The van der Waals surface area contributed by atoms with Crippen molar-refractivity contribution in [2.45, 2.75) is 6.04 Å².